The quantitative estimate of drug-likeness (QED) is 0.520. The number of hydrogen-bond donors (Lipinski definition) is 2. The molecule has 1 aliphatic heterocycles. The number of rotatable bonds is 5. The van der Waals surface area contributed by atoms with Crippen LogP contribution >= 0.6 is 0 Å². The van der Waals surface area contributed by atoms with Gasteiger partial charge in [-0.2, -0.15) is 5.10 Å². The predicted octanol–water partition coefficient (Wildman–Crippen LogP) is 5.12. The summed E-state index contributed by atoms with van der Waals surface area (Å²) in [5, 5.41) is 10.9. The average Bonchev–Trinajstić information content (AvgIpc) is 3.26. The molecule has 36 heavy (non-hydrogen) atoms. The Bertz CT molecular complexity index is 1390. The lowest BCUT2D eigenvalue weighted by atomic mass is 9.73. The molecule has 1 aliphatic carbocycles. The Kier molecular flexibility index (Phi) is 5.82. The predicted molar refractivity (Wildman–Crippen MR) is 138 cm³/mol. The van der Waals surface area contributed by atoms with Crippen molar-refractivity contribution < 1.29 is 19.1 Å². The Balaban J connectivity index is 1.61. The van der Waals surface area contributed by atoms with E-state index in [0.29, 0.717) is 47.0 Å². The van der Waals surface area contributed by atoms with Crippen LogP contribution in [0, 0.1) is 12.3 Å². The van der Waals surface area contributed by atoms with Crippen LogP contribution < -0.4 is 20.1 Å². The van der Waals surface area contributed by atoms with Crippen molar-refractivity contribution in [2.24, 2.45) is 5.41 Å². The van der Waals surface area contributed by atoms with Crippen LogP contribution in [0.2, 0.25) is 0 Å². The molecular formula is C28H30N4O4. The number of aryl methyl sites for hydroxylation is 1. The SMILES string of the molecule is COc1ccc(C2C3=C(CC(C)(C)CC3=O)Nc3c(C(=O)Nc4ccc(C)cc4)cnn32)cc1OC. The van der Waals surface area contributed by atoms with Crippen LogP contribution in [-0.4, -0.2) is 35.7 Å². The third kappa shape index (κ3) is 4.12. The highest BCUT2D eigenvalue weighted by Crippen LogP contribution is 2.47. The topological polar surface area (TPSA) is 94.5 Å². The molecule has 186 valence electrons. The lowest BCUT2D eigenvalue weighted by molar-refractivity contribution is -0.118. The van der Waals surface area contributed by atoms with E-state index in [-0.39, 0.29) is 17.1 Å². The smallest absolute Gasteiger partial charge is 0.261 e. The molecule has 2 N–H and O–H groups in total. The molecule has 8 nitrogen and oxygen atoms in total. The first kappa shape index (κ1) is 23.7. The summed E-state index contributed by atoms with van der Waals surface area (Å²) in [5.74, 6) is 1.51. The van der Waals surface area contributed by atoms with Crippen LogP contribution in [0.1, 0.15) is 54.2 Å². The number of carbonyl (C=O) groups is 2. The van der Waals surface area contributed by atoms with Crippen molar-refractivity contribution in [1.82, 2.24) is 9.78 Å². The van der Waals surface area contributed by atoms with Gasteiger partial charge in [-0.05, 0) is 48.6 Å². The third-order valence-electron chi connectivity index (χ3n) is 6.78. The number of hydrogen-bond acceptors (Lipinski definition) is 6. The number of fused-ring (bicyclic) bond motifs is 1. The van der Waals surface area contributed by atoms with Crippen molar-refractivity contribution in [2.45, 2.75) is 39.7 Å². The second-order valence-electron chi connectivity index (χ2n) is 10.1. The summed E-state index contributed by atoms with van der Waals surface area (Å²) >= 11 is 0. The maximum atomic E-state index is 13.5. The minimum Gasteiger partial charge on any atom is -0.493 e. The fourth-order valence-electron chi connectivity index (χ4n) is 5.04. The average molecular weight is 487 g/mol. The lowest BCUT2D eigenvalue weighted by Crippen LogP contribution is -2.37. The molecule has 0 bridgehead atoms. The molecular weight excluding hydrogens is 456 g/mol. The number of nitrogens with zero attached hydrogens (tertiary/aromatic N) is 2. The fraction of sp³-hybridized carbons (Fsp3) is 0.321. The molecule has 0 fully saturated rings. The summed E-state index contributed by atoms with van der Waals surface area (Å²) in [7, 11) is 3.16. The van der Waals surface area contributed by atoms with E-state index in [1.807, 2.05) is 49.4 Å². The number of anilines is 2. The van der Waals surface area contributed by atoms with Gasteiger partial charge in [0.15, 0.2) is 17.3 Å². The summed E-state index contributed by atoms with van der Waals surface area (Å²) in [6, 6.07) is 12.7. The van der Waals surface area contributed by atoms with E-state index in [9.17, 15) is 9.59 Å². The summed E-state index contributed by atoms with van der Waals surface area (Å²) < 4.78 is 12.7. The zero-order chi connectivity index (χ0) is 25.6. The lowest BCUT2D eigenvalue weighted by Gasteiger charge is -2.39. The number of ether oxygens (including phenoxy) is 2. The molecule has 0 saturated heterocycles. The number of aromatic nitrogens is 2. The van der Waals surface area contributed by atoms with E-state index in [0.717, 1.165) is 16.8 Å². The van der Waals surface area contributed by atoms with Crippen molar-refractivity contribution in [3.05, 3.63) is 76.6 Å². The molecule has 2 aromatic carbocycles. The second-order valence-corrected chi connectivity index (χ2v) is 10.1. The van der Waals surface area contributed by atoms with Gasteiger partial charge in [0.2, 0.25) is 0 Å². The normalized spacial score (nSPS) is 18.1. The monoisotopic (exact) mass is 486 g/mol. The molecule has 1 amide bonds. The van der Waals surface area contributed by atoms with Gasteiger partial charge in [0.1, 0.15) is 17.4 Å². The van der Waals surface area contributed by atoms with E-state index in [1.54, 1.807) is 25.1 Å². The van der Waals surface area contributed by atoms with Gasteiger partial charge < -0.3 is 20.1 Å². The molecule has 0 radical (unpaired) electrons. The first-order chi connectivity index (χ1) is 17.2. The molecule has 1 aromatic heterocycles. The van der Waals surface area contributed by atoms with Gasteiger partial charge in [-0.25, -0.2) is 4.68 Å². The van der Waals surface area contributed by atoms with Crippen molar-refractivity contribution in [3.63, 3.8) is 0 Å². The molecule has 0 saturated carbocycles. The van der Waals surface area contributed by atoms with Crippen LogP contribution in [-0.2, 0) is 4.79 Å². The maximum Gasteiger partial charge on any atom is 0.261 e. The van der Waals surface area contributed by atoms with Crippen molar-refractivity contribution in [3.8, 4) is 11.5 Å². The minimum absolute atomic E-state index is 0.0698. The van der Waals surface area contributed by atoms with E-state index in [1.165, 1.54) is 0 Å². The van der Waals surface area contributed by atoms with Crippen molar-refractivity contribution in [2.75, 3.05) is 24.9 Å². The number of allylic oxidation sites excluding steroid dienone is 2. The van der Waals surface area contributed by atoms with E-state index in [2.05, 4.69) is 29.6 Å². The molecule has 1 atom stereocenters. The molecule has 0 spiro atoms. The first-order valence-corrected chi connectivity index (χ1v) is 11.9. The Morgan fingerprint density at radius 3 is 2.50 bits per heavy atom. The highest BCUT2D eigenvalue weighted by Gasteiger charge is 2.42. The Morgan fingerprint density at radius 1 is 1.08 bits per heavy atom. The van der Waals surface area contributed by atoms with E-state index < -0.39 is 6.04 Å². The number of benzene rings is 2. The number of amides is 1. The van der Waals surface area contributed by atoms with Crippen molar-refractivity contribution >= 4 is 23.2 Å². The van der Waals surface area contributed by atoms with Crippen LogP contribution in [0.5, 0.6) is 11.5 Å². The third-order valence-corrected chi connectivity index (χ3v) is 6.78. The zero-order valence-electron chi connectivity index (χ0n) is 21.1. The number of carbonyl (C=O) groups excluding carboxylic acids is 2. The summed E-state index contributed by atoms with van der Waals surface area (Å²) in [6.45, 7) is 6.16. The van der Waals surface area contributed by atoms with Gasteiger partial charge in [0, 0.05) is 23.4 Å². The molecule has 5 rings (SSSR count). The fourth-order valence-corrected chi connectivity index (χ4v) is 5.04. The minimum atomic E-state index is -0.499. The Morgan fingerprint density at radius 2 is 1.81 bits per heavy atom. The second kappa shape index (κ2) is 8.86. The Labute approximate surface area is 210 Å². The Hall–Kier alpha value is -4.07. The largest absolute Gasteiger partial charge is 0.493 e. The molecule has 2 aliphatic rings. The van der Waals surface area contributed by atoms with Gasteiger partial charge in [0.25, 0.3) is 5.91 Å². The number of Topliss-reactive ketones (excluding diaryl/α,β-unsaturated/α-hetero) is 1. The van der Waals surface area contributed by atoms with E-state index >= 15 is 0 Å². The summed E-state index contributed by atoms with van der Waals surface area (Å²) in [6.07, 6.45) is 2.67. The molecule has 3 aromatic rings. The number of nitrogens with one attached hydrogen (secondary N) is 2. The highest BCUT2D eigenvalue weighted by atomic mass is 16.5. The highest BCUT2D eigenvalue weighted by molar-refractivity contribution is 6.08. The number of ketones is 1. The van der Waals surface area contributed by atoms with Crippen LogP contribution in [0.3, 0.4) is 0 Å². The first-order valence-electron chi connectivity index (χ1n) is 11.9. The van der Waals surface area contributed by atoms with Gasteiger partial charge in [0.05, 0.1) is 20.4 Å². The van der Waals surface area contributed by atoms with Crippen LogP contribution in [0.25, 0.3) is 0 Å². The van der Waals surface area contributed by atoms with Gasteiger partial charge in [-0.15, -0.1) is 0 Å². The van der Waals surface area contributed by atoms with E-state index in [4.69, 9.17) is 9.47 Å². The van der Waals surface area contributed by atoms with Crippen LogP contribution in [0.15, 0.2) is 59.9 Å². The van der Waals surface area contributed by atoms with Gasteiger partial charge in [-0.3, -0.25) is 9.59 Å². The number of methoxy groups -OCH3 is 2. The molecule has 2 heterocycles. The zero-order valence-corrected chi connectivity index (χ0v) is 21.1. The molecule has 1 unspecified atom stereocenters. The van der Waals surface area contributed by atoms with Crippen molar-refractivity contribution in [1.29, 1.82) is 0 Å². The summed E-state index contributed by atoms with van der Waals surface area (Å²) in [4.78, 5) is 26.7. The van der Waals surface area contributed by atoms with Gasteiger partial charge in [-0.1, -0.05) is 37.6 Å². The van der Waals surface area contributed by atoms with Crippen LogP contribution in [0.4, 0.5) is 11.5 Å². The molecule has 8 heteroatoms. The standard InChI is InChI=1S/C28H30N4O4/c1-16-6-9-18(10-7-16)30-27(34)19-15-29-32-25(17-8-11-22(35-4)23(12-17)36-5)24-20(31-26(19)32)13-28(2,3)14-21(24)33/h6-12,15,25,31H,13-14H2,1-5H3,(H,30,34). The maximum absolute atomic E-state index is 13.5. The summed E-state index contributed by atoms with van der Waals surface area (Å²) in [5.41, 5.74) is 4.34. The van der Waals surface area contributed by atoms with Gasteiger partial charge >= 0.3 is 0 Å².